The lowest BCUT2D eigenvalue weighted by molar-refractivity contribution is -0.348. The van der Waals surface area contributed by atoms with Crippen LogP contribution in [0.2, 0.25) is 0 Å². The van der Waals surface area contributed by atoms with Gasteiger partial charge in [-0.25, -0.2) is 4.39 Å². The molecule has 2 rings (SSSR count). The van der Waals surface area contributed by atoms with E-state index in [0.717, 1.165) is 6.92 Å². The van der Waals surface area contributed by atoms with Gasteiger partial charge in [-0.05, 0) is 55.2 Å². The summed E-state index contributed by atoms with van der Waals surface area (Å²) >= 11 is 0. The van der Waals surface area contributed by atoms with Crippen molar-refractivity contribution in [3.63, 3.8) is 0 Å². The van der Waals surface area contributed by atoms with Crippen LogP contribution in [-0.2, 0) is 12.1 Å². The summed E-state index contributed by atoms with van der Waals surface area (Å²) in [7, 11) is 0. The van der Waals surface area contributed by atoms with Gasteiger partial charge in [0.05, 0.1) is 5.69 Å². The lowest BCUT2D eigenvalue weighted by atomic mass is 9.85. The number of rotatable bonds is 3. The van der Waals surface area contributed by atoms with Crippen LogP contribution in [0.4, 0.5) is 30.7 Å². The monoisotopic (exact) mass is 367 g/mol. The lowest BCUT2D eigenvalue weighted by Crippen LogP contribution is -2.51. The molecule has 0 spiro atoms. The molecule has 1 aromatic carbocycles. The van der Waals surface area contributed by atoms with Crippen molar-refractivity contribution in [2.75, 3.05) is 0 Å². The Morgan fingerprint density at radius 1 is 0.880 bits per heavy atom. The predicted octanol–water partition coefficient (Wildman–Crippen LogP) is 5.95. The third kappa shape index (κ3) is 2.91. The minimum absolute atomic E-state index is 0.129. The molecule has 0 atom stereocenters. The van der Waals surface area contributed by atoms with Crippen LogP contribution in [0.3, 0.4) is 0 Å². The van der Waals surface area contributed by atoms with Gasteiger partial charge in [-0.2, -0.15) is 26.3 Å². The van der Waals surface area contributed by atoms with Gasteiger partial charge in [0.1, 0.15) is 0 Å². The van der Waals surface area contributed by atoms with Gasteiger partial charge < -0.3 is 4.57 Å². The topological polar surface area (TPSA) is 4.93 Å². The molecule has 0 radical (unpaired) electrons. The summed E-state index contributed by atoms with van der Waals surface area (Å²) in [5.41, 5.74) is -6.35. The van der Waals surface area contributed by atoms with E-state index in [1.165, 1.54) is 6.92 Å². The molecule has 0 aliphatic carbocycles. The van der Waals surface area contributed by atoms with Crippen LogP contribution in [-0.4, -0.2) is 16.9 Å². The number of hydrogen-bond acceptors (Lipinski definition) is 0. The Morgan fingerprint density at radius 3 is 1.76 bits per heavy atom. The minimum atomic E-state index is -6.12. The van der Waals surface area contributed by atoms with Crippen LogP contribution in [0.15, 0.2) is 30.6 Å². The second-order valence-electron chi connectivity index (χ2n) is 5.79. The van der Waals surface area contributed by atoms with Gasteiger partial charge in [-0.3, -0.25) is 0 Å². The van der Waals surface area contributed by atoms with E-state index in [2.05, 4.69) is 0 Å². The summed E-state index contributed by atoms with van der Waals surface area (Å²) in [5.74, 6) is 0. The number of halogens is 7. The number of aryl methyl sites for hydroxylation is 1. The van der Waals surface area contributed by atoms with Crippen molar-refractivity contribution in [1.29, 1.82) is 0 Å². The molecule has 0 aliphatic rings. The largest absolute Gasteiger partial charge is 0.435 e. The highest BCUT2D eigenvalue weighted by molar-refractivity contribution is 5.56. The molecule has 1 nitrogen and oxygen atoms in total. The molecule has 138 valence electrons. The first kappa shape index (κ1) is 19.3. The zero-order chi connectivity index (χ0) is 19.2. The van der Waals surface area contributed by atoms with Gasteiger partial charge in [-0.15, -0.1) is 0 Å². The van der Waals surface area contributed by atoms with Gasteiger partial charge in [0.15, 0.2) is 0 Å². The fourth-order valence-electron chi connectivity index (χ4n) is 3.07. The summed E-state index contributed by atoms with van der Waals surface area (Å²) in [5, 5.41) is 0. The molecule has 0 bridgehead atoms. The molecule has 1 heterocycles. The average Bonchev–Trinajstić information content (AvgIpc) is 2.99. The normalized spacial score (nSPS) is 13.4. The van der Waals surface area contributed by atoms with Crippen LogP contribution in [0.25, 0.3) is 5.69 Å². The van der Waals surface area contributed by atoms with E-state index >= 15 is 0 Å². The summed E-state index contributed by atoms with van der Waals surface area (Å²) in [6.45, 7) is 4.05. The number of hydrogen-bond donors (Lipinski definition) is 0. The molecule has 0 aliphatic heterocycles. The fraction of sp³-hybridized carbons (Fsp3) is 0.412. The Bertz CT molecular complexity index is 741. The molecule has 0 N–H and O–H groups in total. The first-order valence-corrected chi connectivity index (χ1v) is 7.45. The highest BCUT2D eigenvalue weighted by Gasteiger charge is 2.74. The third-order valence-electron chi connectivity index (χ3n) is 4.25. The van der Waals surface area contributed by atoms with Crippen molar-refractivity contribution in [2.24, 2.45) is 0 Å². The molecular weight excluding hydrogens is 351 g/mol. The molecule has 0 saturated heterocycles. The highest BCUT2D eigenvalue weighted by Crippen LogP contribution is 2.54. The molecule has 1 aromatic heterocycles. The Kier molecular flexibility index (Phi) is 4.69. The summed E-state index contributed by atoms with van der Waals surface area (Å²) in [6, 6.07) is 3.99. The molecular formula is C17H16F7N. The first-order valence-electron chi connectivity index (χ1n) is 7.45. The second kappa shape index (κ2) is 6.07. The number of nitrogens with zero attached hydrogens (tertiary/aromatic N) is 1. The highest BCUT2D eigenvalue weighted by atomic mass is 19.4. The van der Waals surface area contributed by atoms with Crippen molar-refractivity contribution < 1.29 is 30.7 Å². The van der Waals surface area contributed by atoms with E-state index in [0.29, 0.717) is 11.8 Å². The SMILES string of the molecule is CCc1c(C)c(C(F)(C(F)(F)F)C(F)(F)F)cc(C)c1-n1cccc1. The molecule has 25 heavy (non-hydrogen) atoms. The Hall–Kier alpha value is -1.99. The van der Waals surface area contributed by atoms with Crippen LogP contribution < -0.4 is 0 Å². The Labute approximate surface area is 140 Å². The maximum atomic E-state index is 14.5. The van der Waals surface area contributed by atoms with Crippen LogP contribution in [0.5, 0.6) is 0 Å². The van der Waals surface area contributed by atoms with E-state index in [1.54, 1.807) is 36.0 Å². The van der Waals surface area contributed by atoms with Crippen molar-refractivity contribution in [3.05, 3.63) is 52.8 Å². The summed E-state index contributed by atoms with van der Waals surface area (Å²) in [6.07, 6.45) is -8.85. The second-order valence-corrected chi connectivity index (χ2v) is 5.79. The van der Waals surface area contributed by atoms with Crippen molar-refractivity contribution in [1.82, 2.24) is 4.57 Å². The van der Waals surface area contributed by atoms with Gasteiger partial charge in [0, 0.05) is 18.0 Å². The van der Waals surface area contributed by atoms with Crippen LogP contribution in [0, 0.1) is 13.8 Å². The third-order valence-corrected chi connectivity index (χ3v) is 4.25. The number of alkyl halides is 7. The van der Waals surface area contributed by atoms with E-state index in [4.69, 9.17) is 0 Å². The number of aromatic nitrogens is 1. The quantitative estimate of drug-likeness (QED) is 0.591. The van der Waals surface area contributed by atoms with E-state index in [1.807, 2.05) is 0 Å². The average molecular weight is 367 g/mol. The Balaban J connectivity index is 2.87. The van der Waals surface area contributed by atoms with Gasteiger partial charge in [0.25, 0.3) is 0 Å². The molecule has 0 unspecified atom stereocenters. The van der Waals surface area contributed by atoms with Gasteiger partial charge in [0.2, 0.25) is 0 Å². The lowest BCUT2D eigenvalue weighted by Gasteiger charge is -2.33. The summed E-state index contributed by atoms with van der Waals surface area (Å²) < 4.78 is 94.7. The molecule has 0 saturated carbocycles. The van der Waals surface area contributed by atoms with E-state index < -0.39 is 23.6 Å². The molecule has 0 amide bonds. The van der Waals surface area contributed by atoms with Gasteiger partial charge in [-0.1, -0.05) is 6.92 Å². The van der Waals surface area contributed by atoms with Crippen LogP contribution >= 0.6 is 0 Å². The van der Waals surface area contributed by atoms with Crippen molar-refractivity contribution in [2.45, 2.75) is 45.2 Å². The van der Waals surface area contributed by atoms with E-state index in [9.17, 15) is 30.7 Å². The van der Waals surface area contributed by atoms with Crippen molar-refractivity contribution in [3.8, 4) is 5.69 Å². The first-order chi connectivity index (χ1) is 11.4. The Morgan fingerprint density at radius 2 is 1.36 bits per heavy atom. The van der Waals surface area contributed by atoms with Gasteiger partial charge >= 0.3 is 18.0 Å². The fourth-order valence-corrected chi connectivity index (χ4v) is 3.07. The predicted molar refractivity (Wildman–Crippen MR) is 79.5 cm³/mol. The van der Waals surface area contributed by atoms with Crippen LogP contribution in [0.1, 0.15) is 29.2 Å². The maximum absolute atomic E-state index is 14.5. The minimum Gasteiger partial charge on any atom is -0.323 e. The molecule has 8 heteroatoms. The molecule has 2 aromatic rings. The maximum Gasteiger partial charge on any atom is 0.435 e. The zero-order valence-corrected chi connectivity index (χ0v) is 13.7. The van der Waals surface area contributed by atoms with Crippen molar-refractivity contribution >= 4 is 0 Å². The number of benzene rings is 1. The zero-order valence-electron chi connectivity index (χ0n) is 13.7. The molecule has 0 fully saturated rings. The summed E-state index contributed by atoms with van der Waals surface area (Å²) in [4.78, 5) is 0. The van der Waals surface area contributed by atoms with E-state index in [-0.39, 0.29) is 23.1 Å². The smallest absolute Gasteiger partial charge is 0.323 e. The standard InChI is InChI=1S/C17H16F7N/c1-4-12-11(3)13(15(18,16(19,20)21)17(22,23)24)9-10(2)14(12)25-7-5-6-8-25/h5-9H,4H2,1-3H3.